The van der Waals surface area contributed by atoms with Crippen LogP contribution in [0, 0.1) is 0 Å². The highest BCUT2D eigenvalue weighted by Gasteiger charge is 2.10. The van der Waals surface area contributed by atoms with Crippen molar-refractivity contribution in [1.29, 1.82) is 0 Å². The zero-order valence-corrected chi connectivity index (χ0v) is 17.6. The third kappa shape index (κ3) is 7.32. The first-order valence-electron chi connectivity index (χ1n) is 8.71. The molecule has 154 valence electrons. The van der Waals surface area contributed by atoms with Crippen LogP contribution in [0.4, 0.5) is 11.4 Å². The Kier molecular flexibility index (Phi) is 8.82. The lowest BCUT2D eigenvalue weighted by molar-refractivity contribution is -0.114. The van der Waals surface area contributed by atoms with Crippen molar-refractivity contribution >= 4 is 52.5 Å². The molecule has 0 aliphatic heterocycles. The van der Waals surface area contributed by atoms with Gasteiger partial charge in [-0.1, -0.05) is 11.6 Å². The number of methoxy groups -OCH3 is 1. The highest BCUT2D eigenvalue weighted by Crippen LogP contribution is 2.27. The zero-order chi connectivity index (χ0) is 21.2. The summed E-state index contributed by atoms with van der Waals surface area (Å²) in [6, 6.07) is 11.3. The lowest BCUT2D eigenvalue weighted by atomic mass is 10.2. The van der Waals surface area contributed by atoms with Gasteiger partial charge in [0, 0.05) is 11.4 Å². The van der Waals surface area contributed by atoms with Crippen LogP contribution in [-0.4, -0.2) is 43.0 Å². The van der Waals surface area contributed by atoms with Gasteiger partial charge < -0.3 is 20.1 Å². The van der Waals surface area contributed by atoms with Crippen LogP contribution in [0.2, 0.25) is 5.02 Å². The summed E-state index contributed by atoms with van der Waals surface area (Å²) in [5.74, 6) is -0.173. The van der Waals surface area contributed by atoms with Crippen LogP contribution in [0.1, 0.15) is 17.3 Å². The Morgan fingerprint density at radius 1 is 0.966 bits per heavy atom. The third-order valence-corrected chi connectivity index (χ3v) is 4.81. The van der Waals surface area contributed by atoms with Crippen molar-refractivity contribution < 1.29 is 23.9 Å². The molecule has 0 aliphatic rings. The summed E-state index contributed by atoms with van der Waals surface area (Å²) in [6.07, 6.45) is 0. The molecule has 0 atom stereocenters. The molecule has 0 bridgehead atoms. The molecular weight excluding hydrogens is 416 g/mol. The lowest BCUT2D eigenvalue weighted by Gasteiger charge is -2.08. The number of hydrogen-bond acceptors (Lipinski definition) is 6. The van der Waals surface area contributed by atoms with Crippen LogP contribution in [0.15, 0.2) is 42.5 Å². The van der Waals surface area contributed by atoms with Crippen LogP contribution < -0.4 is 15.4 Å². The molecule has 0 spiro atoms. The Bertz CT molecular complexity index is 874. The van der Waals surface area contributed by atoms with E-state index in [9.17, 15) is 14.4 Å². The molecule has 0 saturated carbocycles. The van der Waals surface area contributed by atoms with Crippen LogP contribution in [0.3, 0.4) is 0 Å². The first-order chi connectivity index (χ1) is 13.9. The van der Waals surface area contributed by atoms with E-state index in [4.69, 9.17) is 21.1 Å². The normalized spacial score (nSPS) is 10.2. The number of halogens is 1. The number of thioether (sulfide) groups is 1. The predicted molar refractivity (Wildman–Crippen MR) is 115 cm³/mol. The Hall–Kier alpha value is -2.71. The van der Waals surface area contributed by atoms with Crippen molar-refractivity contribution in [2.24, 2.45) is 0 Å². The van der Waals surface area contributed by atoms with E-state index in [0.29, 0.717) is 34.3 Å². The number of esters is 1. The maximum Gasteiger partial charge on any atom is 0.338 e. The minimum atomic E-state index is -0.412. The molecule has 0 aromatic heterocycles. The van der Waals surface area contributed by atoms with E-state index in [-0.39, 0.29) is 23.3 Å². The lowest BCUT2D eigenvalue weighted by Crippen LogP contribution is -2.18. The number of benzene rings is 2. The van der Waals surface area contributed by atoms with Crippen molar-refractivity contribution in [2.75, 3.05) is 35.9 Å². The molecule has 0 radical (unpaired) electrons. The molecule has 7 nitrogen and oxygen atoms in total. The van der Waals surface area contributed by atoms with Gasteiger partial charge in [-0.2, -0.15) is 0 Å². The van der Waals surface area contributed by atoms with E-state index >= 15 is 0 Å². The van der Waals surface area contributed by atoms with E-state index in [1.165, 1.54) is 18.9 Å². The molecule has 2 amide bonds. The van der Waals surface area contributed by atoms with Gasteiger partial charge in [-0.25, -0.2) is 4.79 Å². The van der Waals surface area contributed by atoms with E-state index in [1.807, 2.05) is 0 Å². The fraction of sp³-hybridized carbons (Fsp3) is 0.250. The van der Waals surface area contributed by atoms with Gasteiger partial charge in [0.25, 0.3) is 0 Å². The summed E-state index contributed by atoms with van der Waals surface area (Å²) < 4.78 is 9.96. The Labute approximate surface area is 178 Å². The second-order valence-electron chi connectivity index (χ2n) is 5.74. The molecule has 0 unspecified atom stereocenters. The standard InChI is InChI=1S/C20H21ClN2O5S/c1-3-28-20(26)13-4-6-14(7-5-13)22-18(24)11-29-12-19(25)23-15-8-9-17(27-2)16(21)10-15/h4-10H,3,11-12H2,1-2H3,(H,22,24)(H,23,25). The number of rotatable bonds is 9. The Morgan fingerprint density at radius 2 is 1.55 bits per heavy atom. The third-order valence-electron chi connectivity index (χ3n) is 3.58. The molecule has 0 heterocycles. The van der Waals surface area contributed by atoms with Crippen LogP contribution in [-0.2, 0) is 14.3 Å². The predicted octanol–water partition coefficient (Wildman–Crippen LogP) is 3.84. The van der Waals surface area contributed by atoms with Crippen LogP contribution in [0.25, 0.3) is 0 Å². The molecule has 2 aromatic rings. The molecule has 0 fully saturated rings. The second-order valence-corrected chi connectivity index (χ2v) is 7.13. The van der Waals surface area contributed by atoms with E-state index < -0.39 is 5.97 Å². The first kappa shape index (κ1) is 22.6. The largest absolute Gasteiger partial charge is 0.495 e. The van der Waals surface area contributed by atoms with Crippen LogP contribution in [0.5, 0.6) is 5.75 Å². The zero-order valence-electron chi connectivity index (χ0n) is 16.0. The van der Waals surface area contributed by atoms with Crippen molar-refractivity contribution in [2.45, 2.75) is 6.92 Å². The number of carbonyl (C=O) groups is 3. The molecule has 29 heavy (non-hydrogen) atoms. The molecule has 2 N–H and O–H groups in total. The summed E-state index contributed by atoms with van der Waals surface area (Å²) in [5.41, 5.74) is 1.52. The van der Waals surface area contributed by atoms with Gasteiger partial charge in [0.15, 0.2) is 0 Å². The van der Waals surface area contributed by atoms with Gasteiger partial charge in [0.1, 0.15) is 5.75 Å². The molecule has 0 saturated heterocycles. The summed E-state index contributed by atoms with van der Waals surface area (Å²) in [4.78, 5) is 35.6. The van der Waals surface area contributed by atoms with Gasteiger partial charge in [-0.3, -0.25) is 9.59 Å². The average Bonchev–Trinajstić information content (AvgIpc) is 2.69. The number of hydrogen-bond donors (Lipinski definition) is 2. The Balaban J connectivity index is 1.74. The minimum absolute atomic E-state index is 0.108. The summed E-state index contributed by atoms with van der Waals surface area (Å²) >= 11 is 7.20. The number of ether oxygens (including phenoxy) is 2. The van der Waals surface area contributed by atoms with E-state index in [2.05, 4.69) is 10.6 Å². The van der Waals surface area contributed by atoms with Gasteiger partial charge in [0.05, 0.1) is 35.8 Å². The van der Waals surface area contributed by atoms with Crippen LogP contribution >= 0.6 is 23.4 Å². The molecule has 2 rings (SSSR count). The maximum atomic E-state index is 12.0. The number of amides is 2. The molecule has 9 heteroatoms. The topological polar surface area (TPSA) is 93.7 Å². The van der Waals surface area contributed by atoms with Gasteiger partial charge in [-0.05, 0) is 49.4 Å². The maximum absolute atomic E-state index is 12.0. The Morgan fingerprint density at radius 3 is 2.10 bits per heavy atom. The van der Waals surface area contributed by atoms with Gasteiger partial charge in [0.2, 0.25) is 11.8 Å². The highest BCUT2D eigenvalue weighted by atomic mass is 35.5. The summed E-state index contributed by atoms with van der Waals surface area (Å²) in [6.45, 7) is 2.03. The fourth-order valence-corrected chi connectivity index (χ4v) is 3.15. The van der Waals surface area contributed by atoms with Crippen molar-refractivity contribution in [3.63, 3.8) is 0 Å². The average molecular weight is 437 g/mol. The minimum Gasteiger partial charge on any atom is -0.495 e. The van der Waals surface area contributed by atoms with E-state index in [1.54, 1.807) is 49.4 Å². The second kappa shape index (κ2) is 11.3. The molecule has 0 aliphatic carbocycles. The van der Waals surface area contributed by atoms with Crippen molar-refractivity contribution in [1.82, 2.24) is 0 Å². The summed E-state index contributed by atoms with van der Waals surface area (Å²) in [7, 11) is 1.51. The van der Waals surface area contributed by atoms with E-state index in [0.717, 1.165) is 0 Å². The molecular formula is C20H21ClN2O5S. The van der Waals surface area contributed by atoms with Crippen molar-refractivity contribution in [3.8, 4) is 5.75 Å². The fourth-order valence-electron chi connectivity index (χ4n) is 2.28. The SMILES string of the molecule is CCOC(=O)c1ccc(NC(=O)CSCC(=O)Nc2ccc(OC)c(Cl)c2)cc1. The van der Waals surface area contributed by atoms with Gasteiger partial charge >= 0.3 is 5.97 Å². The first-order valence-corrected chi connectivity index (χ1v) is 10.2. The number of nitrogens with one attached hydrogen (secondary N) is 2. The summed E-state index contributed by atoms with van der Waals surface area (Å²) in [5, 5.41) is 5.81. The monoisotopic (exact) mass is 436 g/mol. The highest BCUT2D eigenvalue weighted by molar-refractivity contribution is 8.00. The smallest absolute Gasteiger partial charge is 0.338 e. The quantitative estimate of drug-likeness (QED) is 0.580. The van der Waals surface area contributed by atoms with Crippen molar-refractivity contribution in [3.05, 3.63) is 53.1 Å². The number of anilines is 2. The number of carbonyl (C=O) groups excluding carboxylic acids is 3. The van der Waals surface area contributed by atoms with Gasteiger partial charge in [-0.15, -0.1) is 11.8 Å². The molecule has 2 aromatic carbocycles.